The Labute approximate surface area is 119 Å². The molecule has 0 radical (unpaired) electrons. The van der Waals surface area contributed by atoms with E-state index in [0.29, 0.717) is 13.1 Å². The highest BCUT2D eigenvalue weighted by Gasteiger charge is 2.11. The molecule has 0 aromatic heterocycles. The second-order valence-electron chi connectivity index (χ2n) is 4.96. The van der Waals surface area contributed by atoms with Crippen molar-refractivity contribution in [1.29, 1.82) is 0 Å². The second kappa shape index (κ2) is 6.24. The molecule has 0 atom stereocenters. The van der Waals surface area contributed by atoms with Gasteiger partial charge in [0.2, 0.25) is 0 Å². The first kappa shape index (κ1) is 14.1. The van der Waals surface area contributed by atoms with Crippen molar-refractivity contribution in [2.24, 2.45) is 0 Å². The third-order valence-corrected chi connectivity index (χ3v) is 3.13. The van der Waals surface area contributed by atoms with Crippen LogP contribution in [0.2, 0.25) is 0 Å². The number of nitrogens with one attached hydrogen (secondary N) is 1. The molecule has 0 saturated heterocycles. The van der Waals surface area contributed by atoms with Crippen LogP contribution in [0.3, 0.4) is 0 Å². The highest BCUT2D eigenvalue weighted by Crippen LogP contribution is 2.19. The minimum absolute atomic E-state index is 0.0919. The van der Waals surface area contributed by atoms with Gasteiger partial charge in [-0.2, -0.15) is 0 Å². The fourth-order valence-electron chi connectivity index (χ4n) is 2.12. The van der Waals surface area contributed by atoms with E-state index in [9.17, 15) is 4.79 Å². The van der Waals surface area contributed by atoms with Crippen molar-refractivity contribution < 1.29 is 4.79 Å². The highest BCUT2D eigenvalue weighted by molar-refractivity contribution is 5.93. The van der Waals surface area contributed by atoms with E-state index in [2.05, 4.69) is 18.0 Å². The molecule has 3 nitrogen and oxygen atoms in total. The van der Waals surface area contributed by atoms with Crippen molar-refractivity contribution in [1.82, 2.24) is 4.90 Å². The summed E-state index contributed by atoms with van der Waals surface area (Å²) in [6, 6.07) is 13.9. The summed E-state index contributed by atoms with van der Waals surface area (Å²) < 4.78 is 0. The molecule has 0 aliphatic rings. The molecule has 2 aromatic carbocycles. The lowest BCUT2D eigenvalue weighted by Crippen LogP contribution is -2.35. The van der Waals surface area contributed by atoms with Crippen molar-refractivity contribution in [3.05, 3.63) is 54.6 Å². The zero-order valence-electron chi connectivity index (χ0n) is 12.0. The first-order valence-electron chi connectivity index (χ1n) is 6.79. The zero-order valence-corrected chi connectivity index (χ0v) is 12.0. The molecule has 0 heterocycles. The summed E-state index contributed by atoms with van der Waals surface area (Å²) in [5, 5.41) is 5.22. The van der Waals surface area contributed by atoms with Crippen LogP contribution in [-0.2, 0) is 0 Å². The van der Waals surface area contributed by atoms with Crippen LogP contribution < -0.4 is 5.32 Å². The van der Waals surface area contributed by atoms with Crippen molar-refractivity contribution in [2.75, 3.05) is 18.4 Å². The van der Waals surface area contributed by atoms with E-state index in [1.807, 2.05) is 50.2 Å². The van der Waals surface area contributed by atoms with Crippen LogP contribution in [0.4, 0.5) is 10.5 Å². The van der Waals surface area contributed by atoms with Crippen LogP contribution in [0, 0.1) is 0 Å². The van der Waals surface area contributed by atoms with Gasteiger partial charge < -0.3 is 10.2 Å². The number of benzene rings is 2. The van der Waals surface area contributed by atoms with Crippen LogP contribution in [0.15, 0.2) is 54.6 Å². The Balaban J connectivity index is 2.14. The van der Waals surface area contributed by atoms with Crippen LogP contribution in [0.25, 0.3) is 10.8 Å². The average molecular weight is 268 g/mol. The number of hydrogen-bond donors (Lipinski definition) is 1. The van der Waals surface area contributed by atoms with Crippen molar-refractivity contribution in [3.63, 3.8) is 0 Å². The second-order valence-corrected chi connectivity index (χ2v) is 4.96. The van der Waals surface area contributed by atoms with Gasteiger partial charge in [0.1, 0.15) is 0 Å². The Morgan fingerprint density at radius 3 is 2.55 bits per heavy atom. The van der Waals surface area contributed by atoms with Gasteiger partial charge in [0.25, 0.3) is 0 Å². The van der Waals surface area contributed by atoms with Gasteiger partial charge in [0, 0.05) is 18.8 Å². The molecule has 3 heteroatoms. The standard InChI is InChI=1S/C17H20N2O/c1-4-19(12-13(2)3)17(20)18-16-10-9-14-7-5-6-8-15(14)11-16/h5-11H,2,4,12H2,1,3H3,(H,18,20). The lowest BCUT2D eigenvalue weighted by Gasteiger charge is -2.21. The summed E-state index contributed by atoms with van der Waals surface area (Å²) in [5.74, 6) is 0. The summed E-state index contributed by atoms with van der Waals surface area (Å²) in [5.41, 5.74) is 1.79. The van der Waals surface area contributed by atoms with Gasteiger partial charge in [-0.1, -0.05) is 42.5 Å². The number of anilines is 1. The molecule has 2 aromatic rings. The molecule has 0 bridgehead atoms. The predicted molar refractivity (Wildman–Crippen MR) is 85.0 cm³/mol. The van der Waals surface area contributed by atoms with E-state index in [1.54, 1.807) is 4.90 Å². The summed E-state index contributed by atoms with van der Waals surface area (Å²) >= 11 is 0. The average Bonchev–Trinajstić information content (AvgIpc) is 2.44. The quantitative estimate of drug-likeness (QED) is 0.825. The first-order chi connectivity index (χ1) is 9.60. The van der Waals surface area contributed by atoms with Crippen molar-refractivity contribution >= 4 is 22.5 Å². The van der Waals surface area contributed by atoms with Gasteiger partial charge in [-0.25, -0.2) is 4.79 Å². The van der Waals surface area contributed by atoms with Crippen LogP contribution in [0.5, 0.6) is 0 Å². The van der Waals surface area contributed by atoms with Gasteiger partial charge >= 0.3 is 6.03 Å². The maximum atomic E-state index is 12.2. The fourth-order valence-corrected chi connectivity index (χ4v) is 2.12. The molecule has 0 unspecified atom stereocenters. The Bertz CT molecular complexity index is 634. The number of carbonyl (C=O) groups is 1. The van der Waals surface area contributed by atoms with E-state index in [1.165, 1.54) is 5.39 Å². The molecule has 20 heavy (non-hydrogen) atoms. The van der Waals surface area contributed by atoms with E-state index < -0.39 is 0 Å². The van der Waals surface area contributed by atoms with E-state index in [4.69, 9.17) is 0 Å². The van der Waals surface area contributed by atoms with Crippen LogP contribution in [-0.4, -0.2) is 24.0 Å². The fraction of sp³-hybridized carbons (Fsp3) is 0.235. The molecular weight excluding hydrogens is 248 g/mol. The molecular formula is C17H20N2O. The minimum atomic E-state index is -0.0919. The molecule has 0 spiro atoms. The number of amides is 2. The molecule has 104 valence electrons. The van der Waals surface area contributed by atoms with Crippen molar-refractivity contribution in [2.45, 2.75) is 13.8 Å². The highest BCUT2D eigenvalue weighted by atomic mass is 16.2. The maximum Gasteiger partial charge on any atom is 0.322 e. The molecule has 1 N–H and O–H groups in total. The molecule has 2 rings (SSSR count). The summed E-state index contributed by atoms with van der Waals surface area (Å²) in [6.45, 7) is 8.97. The SMILES string of the molecule is C=C(C)CN(CC)C(=O)Nc1ccc2ccccc2c1. The van der Waals surface area contributed by atoms with Crippen LogP contribution in [0.1, 0.15) is 13.8 Å². The lowest BCUT2D eigenvalue weighted by atomic mass is 10.1. The van der Waals surface area contributed by atoms with Gasteiger partial charge in [-0.3, -0.25) is 0 Å². The maximum absolute atomic E-state index is 12.2. The number of fused-ring (bicyclic) bond motifs is 1. The third kappa shape index (κ3) is 3.38. The van der Waals surface area contributed by atoms with E-state index >= 15 is 0 Å². The lowest BCUT2D eigenvalue weighted by molar-refractivity contribution is 0.218. The van der Waals surface area contributed by atoms with Gasteiger partial charge in [-0.05, 0) is 36.8 Å². The molecule has 0 fully saturated rings. The van der Waals surface area contributed by atoms with Crippen LogP contribution >= 0.6 is 0 Å². The zero-order chi connectivity index (χ0) is 14.5. The Morgan fingerprint density at radius 1 is 1.20 bits per heavy atom. The van der Waals surface area contributed by atoms with Crippen molar-refractivity contribution in [3.8, 4) is 0 Å². The number of hydrogen-bond acceptors (Lipinski definition) is 1. The molecule has 0 aliphatic heterocycles. The summed E-state index contributed by atoms with van der Waals surface area (Å²) in [4.78, 5) is 13.9. The number of likely N-dealkylation sites (N-methyl/N-ethyl adjacent to an activating group) is 1. The number of urea groups is 1. The smallest absolute Gasteiger partial charge is 0.321 e. The predicted octanol–water partition coefficient (Wildman–Crippen LogP) is 4.27. The minimum Gasteiger partial charge on any atom is -0.321 e. The molecule has 2 amide bonds. The van der Waals surface area contributed by atoms with Gasteiger partial charge in [0.15, 0.2) is 0 Å². The van der Waals surface area contributed by atoms with E-state index in [-0.39, 0.29) is 6.03 Å². The van der Waals surface area contributed by atoms with Gasteiger partial charge in [-0.15, -0.1) is 0 Å². The first-order valence-corrected chi connectivity index (χ1v) is 6.79. The monoisotopic (exact) mass is 268 g/mol. The number of rotatable bonds is 4. The number of nitrogens with zero attached hydrogens (tertiary/aromatic N) is 1. The number of carbonyl (C=O) groups excluding carboxylic acids is 1. The Morgan fingerprint density at radius 2 is 1.90 bits per heavy atom. The van der Waals surface area contributed by atoms with E-state index in [0.717, 1.165) is 16.6 Å². The molecule has 0 aliphatic carbocycles. The topological polar surface area (TPSA) is 32.3 Å². The summed E-state index contributed by atoms with van der Waals surface area (Å²) in [7, 11) is 0. The third-order valence-electron chi connectivity index (χ3n) is 3.13. The summed E-state index contributed by atoms with van der Waals surface area (Å²) in [6.07, 6.45) is 0. The Kier molecular flexibility index (Phi) is 4.41. The normalized spacial score (nSPS) is 10.3. The Hall–Kier alpha value is -2.29. The van der Waals surface area contributed by atoms with Gasteiger partial charge in [0.05, 0.1) is 0 Å². The largest absolute Gasteiger partial charge is 0.322 e. The molecule has 0 saturated carbocycles.